The van der Waals surface area contributed by atoms with E-state index in [0.29, 0.717) is 0 Å². The molecule has 14 heteroatoms. The predicted molar refractivity (Wildman–Crippen MR) is 113 cm³/mol. The highest BCUT2D eigenvalue weighted by atomic mass is 19.4. The summed E-state index contributed by atoms with van der Waals surface area (Å²) in [6.45, 7) is -0.696. The molecule has 202 valence electrons. The van der Waals surface area contributed by atoms with E-state index in [9.17, 15) is 44.7 Å². The molecule has 38 heavy (non-hydrogen) atoms. The number of carbonyl (C=O) groups excluding carboxylic acids is 2. The minimum atomic E-state index is -5.01. The Labute approximate surface area is 208 Å². The van der Waals surface area contributed by atoms with E-state index in [-0.39, 0.29) is 28.8 Å². The Hall–Kier alpha value is -4.20. The van der Waals surface area contributed by atoms with Crippen molar-refractivity contribution >= 4 is 11.8 Å². The highest BCUT2D eigenvalue weighted by Crippen LogP contribution is 2.29. The predicted octanol–water partition coefficient (Wildman–Crippen LogP) is 5.74. The van der Waals surface area contributed by atoms with Crippen molar-refractivity contribution in [1.29, 1.82) is 0 Å². The van der Waals surface area contributed by atoms with Gasteiger partial charge >= 0.3 is 12.7 Å². The van der Waals surface area contributed by atoms with Crippen LogP contribution in [0.3, 0.4) is 0 Å². The summed E-state index contributed by atoms with van der Waals surface area (Å²) in [4.78, 5) is 25.3. The fourth-order valence-electron chi connectivity index (χ4n) is 3.27. The average Bonchev–Trinajstić information content (AvgIpc) is 3.06. The molecule has 1 N–H and O–H groups in total. The molecule has 0 aliphatic carbocycles. The Balaban J connectivity index is 0.000000244. The van der Waals surface area contributed by atoms with Gasteiger partial charge in [-0.25, -0.2) is 8.78 Å². The van der Waals surface area contributed by atoms with E-state index in [0.717, 1.165) is 41.3 Å². The van der Waals surface area contributed by atoms with E-state index in [2.05, 4.69) is 9.47 Å². The first-order valence-corrected chi connectivity index (χ1v) is 10.3. The van der Waals surface area contributed by atoms with Crippen molar-refractivity contribution in [3.8, 4) is 11.5 Å². The molecule has 1 aliphatic heterocycles. The molecular formula is C24H15F8NO5. The molecule has 1 heterocycles. The third kappa shape index (κ3) is 7.18. The van der Waals surface area contributed by atoms with Gasteiger partial charge in [0.2, 0.25) is 0 Å². The van der Waals surface area contributed by atoms with E-state index >= 15 is 0 Å². The lowest BCUT2D eigenvalue weighted by atomic mass is 10.1. The minimum absolute atomic E-state index is 0.163. The van der Waals surface area contributed by atoms with Crippen LogP contribution in [0.5, 0.6) is 11.5 Å². The van der Waals surface area contributed by atoms with Gasteiger partial charge in [-0.1, -0.05) is 24.3 Å². The number of aliphatic hydroxyl groups is 1. The van der Waals surface area contributed by atoms with Crippen LogP contribution in [0.2, 0.25) is 0 Å². The number of aliphatic hydroxyl groups excluding tert-OH is 1. The molecule has 0 saturated carbocycles. The number of nitrogens with zero attached hydrogens (tertiary/aromatic N) is 1. The second-order valence-corrected chi connectivity index (χ2v) is 7.53. The van der Waals surface area contributed by atoms with E-state index in [1.54, 1.807) is 12.1 Å². The lowest BCUT2D eigenvalue weighted by Crippen LogP contribution is -2.29. The molecule has 2 amide bonds. The number of halogens is 8. The molecule has 0 spiro atoms. The van der Waals surface area contributed by atoms with Gasteiger partial charge in [0.05, 0.1) is 24.3 Å². The first-order valence-electron chi connectivity index (χ1n) is 10.3. The average molecular weight is 549 g/mol. The van der Waals surface area contributed by atoms with E-state index < -0.39 is 54.3 Å². The largest absolute Gasteiger partial charge is 0.573 e. The van der Waals surface area contributed by atoms with Crippen molar-refractivity contribution in [2.24, 2.45) is 0 Å². The van der Waals surface area contributed by atoms with Gasteiger partial charge in [0.15, 0.2) is 23.1 Å². The first kappa shape index (κ1) is 28.4. The number of ether oxygens (including phenoxy) is 2. The minimum Gasteiger partial charge on any atom is -0.403 e. The molecule has 1 aliphatic rings. The molecule has 0 bridgehead atoms. The fraction of sp³-hybridized carbons (Fsp3) is 0.167. The number of fused-ring (bicyclic) bond motifs is 1. The van der Waals surface area contributed by atoms with Crippen molar-refractivity contribution in [2.75, 3.05) is 0 Å². The Morgan fingerprint density at radius 1 is 0.684 bits per heavy atom. The molecule has 0 atom stereocenters. The Morgan fingerprint density at radius 2 is 1.11 bits per heavy atom. The molecule has 3 aromatic carbocycles. The van der Waals surface area contributed by atoms with Gasteiger partial charge in [0.1, 0.15) is 0 Å². The summed E-state index contributed by atoms with van der Waals surface area (Å²) in [6, 6.07) is 11.7. The van der Waals surface area contributed by atoms with Gasteiger partial charge in [0, 0.05) is 0 Å². The number of rotatable bonds is 5. The van der Waals surface area contributed by atoms with Crippen molar-refractivity contribution in [1.82, 2.24) is 4.90 Å². The van der Waals surface area contributed by atoms with Crippen LogP contribution in [0.15, 0.2) is 60.7 Å². The Kier molecular flexibility index (Phi) is 8.25. The second kappa shape index (κ2) is 11.0. The number of hydrogen-bond donors (Lipinski definition) is 1. The highest BCUT2D eigenvalue weighted by molar-refractivity contribution is 6.21. The number of benzene rings is 3. The molecule has 4 rings (SSSR count). The lowest BCUT2D eigenvalue weighted by Gasteiger charge is -2.15. The summed E-state index contributed by atoms with van der Waals surface area (Å²) in [7, 11) is 0. The van der Waals surface area contributed by atoms with Gasteiger partial charge in [-0.2, -0.15) is 0 Å². The summed E-state index contributed by atoms with van der Waals surface area (Å²) < 4.78 is 105. The van der Waals surface area contributed by atoms with Gasteiger partial charge in [0.25, 0.3) is 11.8 Å². The van der Waals surface area contributed by atoms with Crippen molar-refractivity contribution in [2.45, 2.75) is 25.9 Å². The van der Waals surface area contributed by atoms with Crippen LogP contribution in [-0.4, -0.2) is 34.5 Å². The Bertz CT molecular complexity index is 1310. The summed E-state index contributed by atoms with van der Waals surface area (Å²) >= 11 is 0. The standard InChI is InChI=1S/C16H9F4NO3.C8H6F4O2/c17-12-7-9(5-6-13(12)24-16(18,19)20)8-21-14(22)10-3-1-2-4-11(10)15(21)23;9-6-3-5(4-13)1-2-7(6)14-8(10,11)12/h1-7H,8H2;1-3,13H,4H2. The summed E-state index contributed by atoms with van der Waals surface area (Å²) in [5, 5.41) is 8.56. The highest BCUT2D eigenvalue weighted by Gasteiger charge is 2.36. The van der Waals surface area contributed by atoms with E-state index in [4.69, 9.17) is 5.11 Å². The number of amides is 2. The van der Waals surface area contributed by atoms with Crippen LogP contribution in [0, 0.1) is 11.6 Å². The Morgan fingerprint density at radius 3 is 1.50 bits per heavy atom. The van der Waals surface area contributed by atoms with Gasteiger partial charge < -0.3 is 14.6 Å². The quantitative estimate of drug-likeness (QED) is 0.325. The molecule has 0 radical (unpaired) electrons. The maximum atomic E-state index is 13.7. The second-order valence-electron chi connectivity index (χ2n) is 7.53. The van der Waals surface area contributed by atoms with Crippen LogP contribution >= 0.6 is 0 Å². The third-order valence-electron chi connectivity index (χ3n) is 4.85. The number of hydrogen-bond acceptors (Lipinski definition) is 5. The molecule has 3 aromatic rings. The summed E-state index contributed by atoms with van der Waals surface area (Å²) in [5.74, 6) is -5.35. The van der Waals surface area contributed by atoms with E-state index in [1.807, 2.05) is 0 Å². The molecule has 0 aromatic heterocycles. The summed E-state index contributed by atoms with van der Waals surface area (Å²) in [5.41, 5.74) is 0.813. The molecule has 0 fully saturated rings. The number of carbonyl (C=O) groups is 2. The molecule has 0 saturated heterocycles. The summed E-state index contributed by atoms with van der Waals surface area (Å²) in [6.07, 6.45) is -9.92. The lowest BCUT2D eigenvalue weighted by molar-refractivity contribution is -0.276. The fourth-order valence-corrected chi connectivity index (χ4v) is 3.27. The monoisotopic (exact) mass is 549 g/mol. The topological polar surface area (TPSA) is 76.1 Å². The molecule has 0 unspecified atom stereocenters. The zero-order chi connectivity index (χ0) is 28.3. The van der Waals surface area contributed by atoms with Crippen molar-refractivity contribution in [3.05, 3.63) is 94.6 Å². The maximum absolute atomic E-state index is 13.7. The van der Waals surface area contributed by atoms with Crippen LogP contribution in [0.1, 0.15) is 31.8 Å². The van der Waals surface area contributed by atoms with Gasteiger partial charge in [-0.3, -0.25) is 14.5 Å². The molecular weight excluding hydrogens is 534 g/mol. The zero-order valence-electron chi connectivity index (χ0n) is 18.7. The van der Waals surface area contributed by atoms with Gasteiger partial charge in [-0.15, -0.1) is 26.3 Å². The first-order chi connectivity index (χ1) is 17.7. The SMILES string of the molecule is O=C1c2ccccc2C(=O)N1Cc1ccc(OC(F)(F)F)c(F)c1.OCc1ccc(OC(F)(F)F)c(F)c1. The third-order valence-corrected chi connectivity index (χ3v) is 4.85. The van der Waals surface area contributed by atoms with Crippen molar-refractivity contribution in [3.63, 3.8) is 0 Å². The normalized spacial score (nSPS) is 13.1. The van der Waals surface area contributed by atoms with Crippen LogP contribution in [-0.2, 0) is 13.2 Å². The molecule has 6 nitrogen and oxygen atoms in total. The smallest absolute Gasteiger partial charge is 0.403 e. The number of alkyl halides is 6. The van der Waals surface area contributed by atoms with Crippen LogP contribution < -0.4 is 9.47 Å². The van der Waals surface area contributed by atoms with Crippen LogP contribution in [0.4, 0.5) is 35.1 Å². The van der Waals surface area contributed by atoms with Crippen molar-refractivity contribution < 1.29 is 59.3 Å². The maximum Gasteiger partial charge on any atom is 0.573 e. The van der Waals surface area contributed by atoms with Gasteiger partial charge in [-0.05, 0) is 47.5 Å². The van der Waals surface area contributed by atoms with E-state index in [1.165, 1.54) is 12.1 Å². The number of imide groups is 1. The van der Waals surface area contributed by atoms with Crippen LogP contribution in [0.25, 0.3) is 0 Å². The zero-order valence-corrected chi connectivity index (χ0v) is 18.7.